The molecule has 31 heavy (non-hydrogen) atoms. The van der Waals surface area contributed by atoms with Crippen molar-refractivity contribution in [1.29, 1.82) is 0 Å². The summed E-state index contributed by atoms with van der Waals surface area (Å²) >= 11 is 0. The van der Waals surface area contributed by atoms with Crippen molar-refractivity contribution < 1.29 is 9.90 Å². The average molecular weight is 422 g/mol. The topological polar surface area (TPSA) is 71.4 Å². The monoisotopic (exact) mass is 421 g/mol. The Hall–Kier alpha value is -3.22. The molecule has 2 aromatic carbocycles. The quantitative estimate of drug-likeness (QED) is 0.441. The van der Waals surface area contributed by atoms with E-state index in [2.05, 4.69) is 32.2 Å². The Morgan fingerprint density at radius 3 is 2.26 bits per heavy atom. The number of anilines is 1. The van der Waals surface area contributed by atoms with Gasteiger partial charge in [-0.1, -0.05) is 36.4 Å². The Morgan fingerprint density at radius 1 is 0.968 bits per heavy atom. The number of guanidine groups is 1. The maximum absolute atomic E-state index is 12.6. The predicted molar refractivity (Wildman–Crippen MR) is 123 cm³/mol. The number of hydrogen-bond donors (Lipinski definition) is 2. The third kappa shape index (κ3) is 4.93. The van der Waals surface area contributed by atoms with Crippen LogP contribution < -0.4 is 10.2 Å². The Balaban J connectivity index is 1.18. The van der Waals surface area contributed by atoms with Crippen LogP contribution in [-0.2, 0) is 17.9 Å². The van der Waals surface area contributed by atoms with Gasteiger partial charge in [-0.05, 0) is 29.7 Å². The van der Waals surface area contributed by atoms with Gasteiger partial charge in [0, 0.05) is 59.3 Å². The number of rotatable bonds is 5. The molecular formula is C24H31N5O2. The third-order valence-corrected chi connectivity index (χ3v) is 6.06. The van der Waals surface area contributed by atoms with Gasteiger partial charge in [0.15, 0.2) is 5.96 Å². The minimum atomic E-state index is 0.212. The standard InChI is InChI=1S/C24H31N5O2/c1-25-24(28-15-13-27(14-16-28)21-9-4-5-10-22(21)30)26-12-6-11-23(31)29-17-19-7-2-3-8-20(19)18-29/h2-5,7-10,30H,6,11-18H2,1H3,(H,25,26). The Labute approximate surface area is 184 Å². The van der Waals surface area contributed by atoms with E-state index in [1.165, 1.54) is 11.1 Å². The van der Waals surface area contributed by atoms with Crippen molar-refractivity contribution in [3.05, 3.63) is 59.7 Å². The summed E-state index contributed by atoms with van der Waals surface area (Å²) < 4.78 is 0. The molecule has 0 aromatic heterocycles. The highest BCUT2D eigenvalue weighted by Crippen LogP contribution is 2.27. The van der Waals surface area contributed by atoms with Crippen LogP contribution in [-0.4, -0.2) is 66.5 Å². The number of hydrogen-bond acceptors (Lipinski definition) is 4. The molecule has 1 amide bonds. The number of nitrogens with one attached hydrogen (secondary N) is 1. The average Bonchev–Trinajstić information content (AvgIpc) is 3.24. The van der Waals surface area contributed by atoms with Crippen molar-refractivity contribution in [1.82, 2.24) is 15.1 Å². The smallest absolute Gasteiger partial charge is 0.223 e. The highest BCUT2D eigenvalue weighted by Gasteiger charge is 2.23. The number of piperazine rings is 1. The number of fused-ring (bicyclic) bond motifs is 1. The summed E-state index contributed by atoms with van der Waals surface area (Å²) in [6, 6.07) is 15.7. The summed E-state index contributed by atoms with van der Waals surface area (Å²) in [5.74, 6) is 1.41. The highest BCUT2D eigenvalue weighted by atomic mass is 16.3. The Bertz CT molecular complexity index is 912. The van der Waals surface area contributed by atoms with Crippen LogP contribution in [0.4, 0.5) is 5.69 Å². The van der Waals surface area contributed by atoms with E-state index in [1.807, 2.05) is 35.2 Å². The maximum Gasteiger partial charge on any atom is 0.223 e. The largest absolute Gasteiger partial charge is 0.506 e. The first kappa shape index (κ1) is 21.0. The summed E-state index contributed by atoms with van der Waals surface area (Å²) in [6.45, 7) is 5.49. The van der Waals surface area contributed by atoms with E-state index in [1.54, 1.807) is 13.1 Å². The zero-order chi connectivity index (χ0) is 21.6. The maximum atomic E-state index is 12.6. The van der Waals surface area contributed by atoms with Gasteiger partial charge in [0.05, 0.1) is 5.69 Å². The number of aliphatic imine (C=N–C) groups is 1. The molecule has 7 heteroatoms. The molecule has 0 atom stereocenters. The van der Waals surface area contributed by atoms with Crippen LogP contribution in [0.2, 0.25) is 0 Å². The minimum absolute atomic E-state index is 0.212. The minimum Gasteiger partial charge on any atom is -0.506 e. The van der Waals surface area contributed by atoms with Crippen LogP contribution in [0.3, 0.4) is 0 Å². The Morgan fingerprint density at radius 2 is 1.61 bits per heavy atom. The molecule has 0 saturated carbocycles. The van der Waals surface area contributed by atoms with Gasteiger partial charge in [-0.2, -0.15) is 0 Å². The summed E-state index contributed by atoms with van der Waals surface area (Å²) in [6.07, 6.45) is 1.32. The number of phenols is 1. The molecule has 1 fully saturated rings. The first-order valence-electron chi connectivity index (χ1n) is 11.0. The number of carbonyl (C=O) groups is 1. The van der Waals surface area contributed by atoms with Crippen molar-refractivity contribution in [3.63, 3.8) is 0 Å². The van der Waals surface area contributed by atoms with Gasteiger partial charge in [-0.25, -0.2) is 0 Å². The fourth-order valence-corrected chi connectivity index (χ4v) is 4.33. The van der Waals surface area contributed by atoms with Crippen molar-refractivity contribution >= 4 is 17.6 Å². The molecule has 2 aromatic rings. The summed E-state index contributed by atoms with van der Waals surface area (Å²) in [7, 11) is 1.80. The second kappa shape index (κ2) is 9.73. The molecule has 7 nitrogen and oxygen atoms in total. The second-order valence-electron chi connectivity index (χ2n) is 8.06. The first-order chi connectivity index (χ1) is 15.2. The van der Waals surface area contributed by atoms with Crippen LogP contribution >= 0.6 is 0 Å². The second-order valence-corrected chi connectivity index (χ2v) is 8.06. The van der Waals surface area contributed by atoms with E-state index in [0.717, 1.165) is 63.9 Å². The van der Waals surface area contributed by atoms with Crippen LogP contribution in [0.5, 0.6) is 5.75 Å². The van der Waals surface area contributed by atoms with Gasteiger partial charge in [0.25, 0.3) is 0 Å². The number of aromatic hydroxyl groups is 1. The van der Waals surface area contributed by atoms with Gasteiger partial charge in [0.1, 0.15) is 5.75 Å². The Kier molecular flexibility index (Phi) is 6.60. The molecule has 4 rings (SSSR count). The molecule has 2 aliphatic heterocycles. The van der Waals surface area contributed by atoms with Crippen molar-refractivity contribution in [3.8, 4) is 5.75 Å². The normalized spacial score (nSPS) is 16.4. The molecule has 0 spiro atoms. The molecule has 164 valence electrons. The fraction of sp³-hybridized carbons (Fsp3) is 0.417. The first-order valence-corrected chi connectivity index (χ1v) is 11.0. The van der Waals surface area contributed by atoms with Gasteiger partial charge in [-0.3, -0.25) is 9.79 Å². The van der Waals surface area contributed by atoms with Crippen LogP contribution in [0.1, 0.15) is 24.0 Å². The third-order valence-electron chi connectivity index (χ3n) is 6.06. The van der Waals surface area contributed by atoms with E-state index in [9.17, 15) is 9.90 Å². The number of nitrogens with zero attached hydrogens (tertiary/aromatic N) is 4. The fourth-order valence-electron chi connectivity index (χ4n) is 4.33. The molecule has 0 unspecified atom stereocenters. The molecule has 1 saturated heterocycles. The van der Waals surface area contributed by atoms with Crippen LogP contribution in [0.25, 0.3) is 0 Å². The molecule has 2 aliphatic rings. The summed E-state index contributed by atoms with van der Waals surface area (Å²) in [4.78, 5) is 23.4. The van der Waals surface area contributed by atoms with Crippen LogP contribution in [0, 0.1) is 0 Å². The molecule has 2 heterocycles. The number of para-hydroxylation sites is 2. The molecule has 2 N–H and O–H groups in total. The highest BCUT2D eigenvalue weighted by molar-refractivity contribution is 5.80. The predicted octanol–water partition coefficient (Wildman–Crippen LogP) is 2.41. The van der Waals surface area contributed by atoms with E-state index >= 15 is 0 Å². The number of phenolic OH excluding ortho intramolecular Hbond substituents is 1. The van der Waals surface area contributed by atoms with Crippen molar-refractivity contribution in [2.24, 2.45) is 4.99 Å². The van der Waals surface area contributed by atoms with Gasteiger partial charge in [0.2, 0.25) is 5.91 Å². The van der Waals surface area contributed by atoms with Crippen LogP contribution in [0.15, 0.2) is 53.5 Å². The van der Waals surface area contributed by atoms with E-state index < -0.39 is 0 Å². The number of benzene rings is 2. The number of carbonyl (C=O) groups excluding carboxylic acids is 1. The lowest BCUT2D eigenvalue weighted by molar-refractivity contribution is -0.131. The zero-order valence-corrected chi connectivity index (χ0v) is 18.1. The lowest BCUT2D eigenvalue weighted by Gasteiger charge is -2.37. The lowest BCUT2D eigenvalue weighted by atomic mass is 10.1. The van der Waals surface area contributed by atoms with Gasteiger partial charge < -0.3 is 25.1 Å². The SMILES string of the molecule is CN=C(NCCCC(=O)N1Cc2ccccc2C1)N1CCN(c2ccccc2O)CC1. The van der Waals surface area contributed by atoms with E-state index in [-0.39, 0.29) is 5.91 Å². The molecule has 0 aliphatic carbocycles. The zero-order valence-electron chi connectivity index (χ0n) is 18.1. The van der Waals surface area contributed by atoms with Gasteiger partial charge in [-0.15, -0.1) is 0 Å². The summed E-state index contributed by atoms with van der Waals surface area (Å²) in [5, 5.41) is 13.5. The molecule has 0 radical (unpaired) electrons. The van der Waals surface area contributed by atoms with E-state index in [0.29, 0.717) is 12.2 Å². The van der Waals surface area contributed by atoms with Gasteiger partial charge >= 0.3 is 0 Å². The van der Waals surface area contributed by atoms with E-state index in [4.69, 9.17) is 0 Å². The molecular weight excluding hydrogens is 390 g/mol. The molecule has 0 bridgehead atoms. The lowest BCUT2D eigenvalue weighted by Crippen LogP contribution is -2.52. The van der Waals surface area contributed by atoms with Crippen molar-refractivity contribution in [2.75, 3.05) is 44.7 Å². The van der Waals surface area contributed by atoms with Crippen molar-refractivity contribution in [2.45, 2.75) is 25.9 Å². The number of amides is 1. The summed E-state index contributed by atoms with van der Waals surface area (Å²) in [5.41, 5.74) is 3.40.